The second-order valence-corrected chi connectivity index (χ2v) is 2.67. The average molecular weight is 230 g/mol. The van der Waals surface area contributed by atoms with E-state index in [1.54, 1.807) is 0 Å². The quantitative estimate of drug-likeness (QED) is 0.268. The molecule has 2 aliphatic rings. The fourth-order valence-corrected chi connectivity index (χ4v) is 0.803. The van der Waals surface area contributed by atoms with Crippen LogP contribution in [-0.2, 0) is 4.79 Å². The molecule has 2 heterocycles. The van der Waals surface area contributed by atoms with E-state index in [1.807, 2.05) is 10.6 Å². The van der Waals surface area contributed by atoms with Crippen LogP contribution in [0.2, 0.25) is 0 Å². The second kappa shape index (κ2) is 5.50. The lowest BCUT2D eigenvalue weighted by atomic mass is 10.6. The average Bonchev–Trinajstić information content (AvgIpc) is 2.17. The number of urea groups is 3. The Hall–Kier alpha value is -2.36. The van der Waals surface area contributed by atoms with Gasteiger partial charge in [-0.2, -0.15) is 0 Å². The van der Waals surface area contributed by atoms with Gasteiger partial charge in [-0.05, 0) is 0 Å². The Kier molecular flexibility index (Phi) is 4.03. The molecule has 2 rings (SSSR count). The van der Waals surface area contributed by atoms with Gasteiger partial charge in [0.05, 0.1) is 13.2 Å². The zero-order valence-corrected chi connectivity index (χ0v) is 8.05. The van der Waals surface area contributed by atoms with Crippen molar-refractivity contribution in [1.82, 2.24) is 32.1 Å². The summed E-state index contributed by atoms with van der Waals surface area (Å²) in [5, 5.41) is 8.67. The predicted molar refractivity (Wildman–Crippen MR) is 49.7 cm³/mol. The van der Waals surface area contributed by atoms with E-state index in [1.165, 1.54) is 0 Å². The number of nitrogens with one attached hydrogen (secondary N) is 6. The van der Waals surface area contributed by atoms with Crippen molar-refractivity contribution in [3.8, 4) is 0 Å². The molecule has 0 aromatic rings. The molecule has 0 aromatic carbocycles. The van der Waals surface area contributed by atoms with E-state index in [0.717, 1.165) is 0 Å². The second-order valence-electron chi connectivity index (χ2n) is 2.67. The van der Waals surface area contributed by atoms with Crippen molar-refractivity contribution in [2.75, 3.05) is 13.2 Å². The summed E-state index contributed by atoms with van der Waals surface area (Å²) in [5.41, 5.74) is 4.56. The zero-order valence-electron chi connectivity index (χ0n) is 8.05. The molecule has 88 valence electrons. The van der Waals surface area contributed by atoms with Crippen LogP contribution >= 0.6 is 0 Å². The SMILES string of the molecule is O=C1CNNC(=O)N1.O=C1NCNC(=O)N1. The smallest absolute Gasteiger partial charge is 0.320 e. The van der Waals surface area contributed by atoms with Gasteiger partial charge in [-0.1, -0.05) is 0 Å². The largest absolute Gasteiger partial charge is 0.335 e. The minimum absolute atomic E-state index is 0.145. The molecule has 16 heavy (non-hydrogen) atoms. The van der Waals surface area contributed by atoms with Gasteiger partial charge in [-0.25, -0.2) is 19.8 Å². The lowest BCUT2D eigenvalue weighted by Gasteiger charge is -2.12. The molecule has 0 radical (unpaired) electrons. The molecule has 2 aliphatic heterocycles. The summed E-state index contributed by atoms with van der Waals surface area (Å²) in [6, 6.07) is -1.40. The van der Waals surface area contributed by atoms with Crippen LogP contribution in [0.3, 0.4) is 0 Å². The standard InChI is InChI=1S/2C3H5N3O2/c7-2-4-1-5-3(8)6-2;7-2-1-4-6-3(8)5-2/h1H2,(H3,4,5,6,7,8);4H,1H2,(H2,5,6,7,8). The molecule has 0 saturated carbocycles. The van der Waals surface area contributed by atoms with Gasteiger partial charge in [-0.3, -0.25) is 20.9 Å². The Bertz CT molecular complexity index is 269. The first kappa shape index (κ1) is 11.7. The van der Waals surface area contributed by atoms with E-state index in [4.69, 9.17) is 0 Å². The van der Waals surface area contributed by atoms with E-state index in [0.29, 0.717) is 0 Å². The monoisotopic (exact) mass is 230 g/mol. The third kappa shape index (κ3) is 4.23. The fourth-order valence-electron chi connectivity index (χ4n) is 0.803. The number of hydrazine groups is 1. The van der Waals surface area contributed by atoms with Crippen molar-refractivity contribution >= 4 is 24.0 Å². The molecule has 7 amide bonds. The molecule has 0 bridgehead atoms. The Labute approximate surface area is 89.5 Å². The van der Waals surface area contributed by atoms with Crippen LogP contribution < -0.4 is 32.1 Å². The van der Waals surface area contributed by atoms with Gasteiger partial charge < -0.3 is 10.6 Å². The minimum Gasteiger partial charge on any atom is -0.320 e. The number of carbonyl (C=O) groups excluding carboxylic acids is 4. The highest BCUT2D eigenvalue weighted by Gasteiger charge is 2.11. The van der Waals surface area contributed by atoms with Gasteiger partial charge in [0.1, 0.15) is 0 Å². The lowest BCUT2D eigenvalue weighted by molar-refractivity contribution is -0.120. The van der Waals surface area contributed by atoms with Crippen molar-refractivity contribution in [3.63, 3.8) is 0 Å². The van der Waals surface area contributed by atoms with Crippen LogP contribution in [0.5, 0.6) is 0 Å². The highest BCUT2D eigenvalue weighted by molar-refractivity contribution is 5.97. The summed E-state index contributed by atoms with van der Waals surface area (Å²) in [6.07, 6.45) is 0. The lowest BCUT2D eigenvalue weighted by Crippen LogP contribution is -2.56. The highest BCUT2D eigenvalue weighted by atomic mass is 16.2. The first-order chi connectivity index (χ1) is 7.58. The topological polar surface area (TPSA) is 140 Å². The number of rotatable bonds is 0. The molecule has 2 fully saturated rings. The van der Waals surface area contributed by atoms with Crippen LogP contribution in [0, 0.1) is 0 Å². The molecule has 0 aliphatic carbocycles. The Morgan fingerprint density at radius 2 is 1.44 bits per heavy atom. The Balaban J connectivity index is 0.000000160. The van der Waals surface area contributed by atoms with Crippen molar-refractivity contribution in [1.29, 1.82) is 0 Å². The highest BCUT2D eigenvalue weighted by Crippen LogP contribution is 1.71. The van der Waals surface area contributed by atoms with Crippen LogP contribution in [0.4, 0.5) is 14.4 Å². The maximum atomic E-state index is 10.2. The Morgan fingerprint density at radius 1 is 0.812 bits per heavy atom. The summed E-state index contributed by atoms with van der Waals surface area (Å²) in [5.74, 6) is -0.311. The van der Waals surface area contributed by atoms with Gasteiger partial charge in [-0.15, -0.1) is 0 Å². The van der Waals surface area contributed by atoms with E-state index >= 15 is 0 Å². The fraction of sp³-hybridized carbons (Fsp3) is 0.333. The summed E-state index contributed by atoms with van der Waals surface area (Å²) in [6.45, 7) is 0.358. The summed E-state index contributed by atoms with van der Waals surface area (Å²) in [4.78, 5) is 40.8. The van der Waals surface area contributed by atoms with Gasteiger partial charge in [0.25, 0.3) is 0 Å². The van der Waals surface area contributed by atoms with E-state index in [9.17, 15) is 19.2 Å². The maximum absolute atomic E-state index is 10.2. The molecular weight excluding hydrogens is 220 g/mol. The van der Waals surface area contributed by atoms with Gasteiger partial charge in [0.2, 0.25) is 5.91 Å². The molecule has 0 aromatic heterocycles. The molecule has 6 N–H and O–H groups in total. The number of imide groups is 2. The molecular formula is C6H10N6O4. The maximum Gasteiger partial charge on any atom is 0.335 e. The zero-order chi connectivity index (χ0) is 12.0. The predicted octanol–water partition coefficient (Wildman–Crippen LogP) is -2.70. The minimum atomic E-state index is -0.499. The first-order valence-corrected chi connectivity index (χ1v) is 4.23. The molecule has 2 saturated heterocycles. The summed E-state index contributed by atoms with van der Waals surface area (Å²) in [7, 11) is 0. The van der Waals surface area contributed by atoms with Crippen molar-refractivity contribution in [3.05, 3.63) is 0 Å². The number of hydrogen-bond acceptors (Lipinski definition) is 5. The number of amides is 7. The van der Waals surface area contributed by atoms with Crippen LogP contribution in [-0.4, -0.2) is 37.2 Å². The van der Waals surface area contributed by atoms with Crippen molar-refractivity contribution in [2.45, 2.75) is 0 Å². The van der Waals surface area contributed by atoms with Crippen LogP contribution in [0.25, 0.3) is 0 Å². The van der Waals surface area contributed by atoms with Crippen molar-refractivity contribution in [2.24, 2.45) is 0 Å². The normalized spacial score (nSPS) is 19.0. The number of hydrogen-bond donors (Lipinski definition) is 6. The van der Waals surface area contributed by atoms with E-state index in [2.05, 4.69) is 21.5 Å². The molecule has 10 nitrogen and oxygen atoms in total. The van der Waals surface area contributed by atoms with Crippen LogP contribution in [0.15, 0.2) is 0 Å². The van der Waals surface area contributed by atoms with Gasteiger partial charge in [0.15, 0.2) is 0 Å². The summed E-state index contributed by atoms with van der Waals surface area (Å²) >= 11 is 0. The van der Waals surface area contributed by atoms with E-state index < -0.39 is 18.1 Å². The Morgan fingerprint density at radius 3 is 1.75 bits per heavy atom. The van der Waals surface area contributed by atoms with Crippen molar-refractivity contribution < 1.29 is 19.2 Å². The molecule has 10 heteroatoms. The molecule has 0 spiro atoms. The third-order valence-corrected chi connectivity index (χ3v) is 1.43. The van der Waals surface area contributed by atoms with Crippen LogP contribution in [0.1, 0.15) is 0 Å². The summed E-state index contributed by atoms with van der Waals surface area (Å²) < 4.78 is 0. The van der Waals surface area contributed by atoms with Gasteiger partial charge >= 0.3 is 18.1 Å². The van der Waals surface area contributed by atoms with Gasteiger partial charge in [0, 0.05) is 0 Å². The molecule has 0 unspecified atom stereocenters. The first-order valence-electron chi connectivity index (χ1n) is 4.23. The third-order valence-electron chi connectivity index (χ3n) is 1.43. The van der Waals surface area contributed by atoms with E-state index in [-0.39, 0.29) is 19.1 Å². The number of carbonyl (C=O) groups is 4. The molecule has 0 atom stereocenters.